The molecular weight excluding hydrogens is 329 g/mol. The molecule has 0 radical (unpaired) electrons. The van der Waals surface area contributed by atoms with Crippen LogP contribution in [0.4, 0.5) is 24.5 Å². The minimum absolute atomic E-state index is 0.0279. The van der Waals surface area contributed by atoms with E-state index in [0.717, 1.165) is 30.7 Å². The molecule has 0 aliphatic heterocycles. The molecule has 1 aromatic carbocycles. The number of thioether (sulfide) groups is 1. The second-order valence-corrected chi connectivity index (χ2v) is 6.00. The number of anilines is 2. The van der Waals surface area contributed by atoms with E-state index in [1.165, 1.54) is 24.8 Å². The summed E-state index contributed by atoms with van der Waals surface area (Å²) >= 11 is 1.38. The zero-order valence-corrected chi connectivity index (χ0v) is 13.7. The van der Waals surface area contributed by atoms with Crippen LogP contribution in [0.2, 0.25) is 0 Å². The van der Waals surface area contributed by atoms with Gasteiger partial charge in [0.25, 0.3) is 0 Å². The maximum atomic E-state index is 13.1. The second-order valence-electron chi connectivity index (χ2n) is 4.89. The first-order valence-electron chi connectivity index (χ1n) is 7.10. The first-order valence-corrected chi connectivity index (χ1v) is 8.26. The number of amides is 2. The number of alkyl halides is 3. The van der Waals surface area contributed by atoms with Gasteiger partial charge in [0.2, 0.25) is 11.8 Å². The molecule has 0 spiro atoms. The van der Waals surface area contributed by atoms with Crippen molar-refractivity contribution >= 4 is 35.0 Å². The molecule has 2 N–H and O–H groups in total. The molecule has 1 aromatic rings. The van der Waals surface area contributed by atoms with Crippen LogP contribution in [0, 0.1) is 0 Å². The van der Waals surface area contributed by atoms with E-state index in [4.69, 9.17) is 0 Å². The number of hydrogen-bond donors (Lipinski definition) is 2. The molecule has 0 fully saturated rings. The average molecular weight is 348 g/mol. The Hall–Kier alpha value is -1.70. The van der Waals surface area contributed by atoms with Gasteiger partial charge in [-0.1, -0.05) is 13.3 Å². The number of benzene rings is 1. The molecule has 4 nitrogen and oxygen atoms in total. The molecule has 0 unspecified atom stereocenters. The molecule has 0 heterocycles. The third kappa shape index (κ3) is 6.94. The van der Waals surface area contributed by atoms with Gasteiger partial charge in [-0.05, 0) is 30.4 Å². The minimum Gasteiger partial charge on any atom is -0.326 e. The lowest BCUT2D eigenvalue weighted by Crippen LogP contribution is -2.19. The summed E-state index contributed by atoms with van der Waals surface area (Å²) in [6.07, 6.45) is -2.68. The zero-order chi connectivity index (χ0) is 17.5. The highest BCUT2D eigenvalue weighted by molar-refractivity contribution is 7.99. The summed E-state index contributed by atoms with van der Waals surface area (Å²) in [6, 6.07) is 3.26. The van der Waals surface area contributed by atoms with E-state index in [-0.39, 0.29) is 17.1 Å². The molecule has 0 aliphatic rings. The maximum absolute atomic E-state index is 13.1. The van der Waals surface area contributed by atoms with Crippen molar-refractivity contribution in [3.8, 4) is 0 Å². The Labute approximate surface area is 137 Å². The van der Waals surface area contributed by atoms with Crippen LogP contribution in [0.3, 0.4) is 0 Å². The average Bonchev–Trinajstić information content (AvgIpc) is 2.43. The predicted molar refractivity (Wildman–Crippen MR) is 86.6 cm³/mol. The van der Waals surface area contributed by atoms with Gasteiger partial charge in [0.05, 0.1) is 17.0 Å². The first-order chi connectivity index (χ1) is 10.7. The Morgan fingerprint density at radius 1 is 1.22 bits per heavy atom. The van der Waals surface area contributed by atoms with Crippen LogP contribution in [0.15, 0.2) is 18.2 Å². The number of unbranched alkanes of at least 4 members (excludes halogenated alkanes) is 1. The van der Waals surface area contributed by atoms with Gasteiger partial charge < -0.3 is 10.6 Å². The van der Waals surface area contributed by atoms with Crippen LogP contribution in [-0.2, 0) is 15.8 Å². The topological polar surface area (TPSA) is 58.2 Å². The highest BCUT2D eigenvalue weighted by atomic mass is 32.2. The molecule has 0 saturated carbocycles. The normalized spacial score (nSPS) is 11.2. The molecule has 8 heteroatoms. The fourth-order valence-corrected chi connectivity index (χ4v) is 2.66. The summed E-state index contributed by atoms with van der Waals surface area (Å²) < 4.78 is 39.3. The van der Waals surface area contributed by atoms with Gasteiger partial charge in [-0.2, -0.15) is 24.9 Å². The Morgan fingerprint density at radius 2 is 1.91 bits per heavy atom. The van der Waals surface area contributed by atoms with Crippen molar-refractivity contribution in [3.05, 3.63) is 23.8 Å². The van der Waals surface area contributed by atoms with E-state index in [9.17, 15) is 22.8 Å². The fourth-order valence-electron chi connectivity index (χ4n) is 1.77. The highest BCUT2D eigenvalue weighted by Crippen LogP contribution is 2.36. The van der Waals surface area contributed by atoms with Crippen molar-refractivity contribution in [1.29, 1.82) is 0 Å². The van der Waals surface area contributed by atoms with E-state index in [2.05, 4.69) is 10.6 Å². The van der Waals surface area contributed by atoms with Crippen LogP contribution in [0.1, 0.15) is 32.3 Å². The summed E-state index contributed by atoms with van der Waals surface area (Å²) in [5.74, 6) is -0.0615. The van der Waals surface area contributed by atoms with E-state index >= 15 is 0 Å². The van der Waals surface area contributed by atoms with Crippen LogP contribution in [0.5, 0.6) is 0 Å². The molecule has 0 atom stereocenters. The van der Waals surface area contributed by atoms with Gasteiger partial charge in [-0.3, -0.25) is 9.59 Å². The smallest absolute Gasteiger partial charge is 0.326 e. The van der Waals surface area contributed by atoms with Crippen LogP contribution in [-0.4, -0.2) is 23.3 Å². The lowest BCUT2D eigenvalue weighted by molar-refractivity contribution is -0.137. The van der Waals surface area contributed by atoms with Crippen LogP contribution >= 0.6 is 11.8 Å². The summed E-state index contributed by atoms with van der Waals surface area (Å²) in [5.41, 5.74) is -1.27. The molecule has 0 aliphatic carbocycles. The molecule has 1 rings (SSSR count). The quantitative estimate of drug-likeness (QED) is 0.728. The fraction of sp³-hybridized carbons (Fsp3) is 0.467. The van der Waals surface area contributed by atoms with Gasteiger partial charge in [-0.25, -0.2) is 0 Å². The van der Waals surface area contributed by atoms with Crippen molar-refractivity contribution in [3.63, 3.8) is 0 Å². The van der Waals surface area contributed by atoms with Crippen molar-refractivity contribution in [2.45, 2.75) is 32.9 Å². The lowest BCUT2D eigenvalue weighted by Gasteiger charge is -2.15. The van der Waals surface area contributed by atoms with Crippen molar-refractivity contribution < 1.29 is 22.8 Å². The number of nitrogens with one attached hydrogen (secondary N) is 2. The summed E-state index contributed by atoms with van der Waals surface area (Å²) in [5, 5.41) is 4.57. The van der Waals surface area contributed by atoms with E-state index in [1.54, 1.807) is 0 Å². The minimum atomic E-state index is -4.63. The van der Waals surface area contributed by atoms with Gasteiger partial charge in [0, 0.05) is 12.6 Å². The van der Waals surface area contributed by atoms with E-state index in [1.807, 2.05) is 6.92 Å². The summed E-state index contributed by atoms with van der Waals surface area (Å²) in [6.45, 7) is 3.23. The summed E-state index contributed by atoms with van der Waals surface area (Å²) in [7, 11) is 0. The van der Waals surface area contributed by atoms with E-state index < -0.39 is 23.6 Å². The number of halogens is 3. The largest absolute Gasteiger partial charge is 0.418 e. The molecule has 0 saturated heterocycles. The molecule has 128 valence electrons. The van der Waals surface area contributed by atoms with Crippen molar-refractivity contribution in [1.82, 2.24) is 0 Å². The Balaban J connectivity index is 2.84. The number of carbonyl (C=O) groups is 2. The zero-order valence-electron chi connectivity index (χ0n) is 12.9. The standard InChI is InChI=1S/C15H19F3N2O2S/c1-3-4-7-23-9-14(22)20-13-6-5-11(19-10(2)21)8-12(13)15(16,17)18/h5-6,8H,3-4,7,9H2,1-2H3,(H,19,21)(H,20,22). The van der Waals surface area contributed by atoms with Crippen LogP contribution in [0.25, 0.3) is 0 Å². The third-order valence-electron chi connectivity index (χ3n) is 2.79. The Bertz CT molecular complexity index is 562. The number of hydrogen-bond acceptors (Lipinski definition) is 3. The van der Waals surface area contributed by atoms with E-state index in [0.29, 0.717) is 0 Å². The van der Waals surface area contributed by atoms with Crippen molar-refractivity contribution in [2.75, 3.05) is 22.1 Å². The van der Waals surface area contributed by atoms with Gasteiger partial charge >= 0.3 is 6.18 Å². The molecule has 23 heavy (non-hydrogen) atoms. The number of rotatable bonds is 7. The van der Waals surface area contributed by atoms with Crippen LogP contribution < -0.4 is 10.6 Å². The first kappa shape index (κ1) is 19.3. The highest BCUT2D eigenvalue weighted by Gasteiger charge is 2.34. The predicted octanol–water partition coefficient (Wildman–Crippen LogP) is 4.14. The van der Waals surface area contributed by atoms with Gasteiger partial charge in [0.15, 0.2) is 0 Å². The Morgan fingerprint density at radius 3 is 2.48 bits per heavy atom. The second kappa shape index (κ2) is 8.81. The van der Waals surface area contributed by atoms with Gasteiger partial charge in [0.1, 0.15) is 0 Å². The molecule has 2 amide bonds. The van der Waals surface area contributed by atoms with Gasteiger partial charge in [-0.15, -0.1) is 0 Å². The SMILES string of the molecule is CCCCSCC(=O)Nc1ccc(NC(C)=O)cc1C(F)(F)F. The molecule has 0 bridgehead atoms. The monoisotopic (exact) mass is 348 g/mol. The molecular formula is C15H19F3N2O2S. The Kier molecular flexibility index (Phi) is 7.41. The summed E-state index contributed by atoms with van der Waals surface area (Å²) in [4.78, 5) is 22.7. The van der Waals surface area contributed by atoms with Crippen molar-refractivity contribution in [2.24, 2.45) is 0 Å². The lowest BCUT2D eigenvalue weighted by atomic mass is 10.1. The third-order valence-corrected chi connectivity index (χ3v) is 3.84. The maximum Gasteiger partial charge on any atom is 0.418 e. The number of carbonyl (C=O) groups excluding carboxylic acids is 2. The molecule has 0 aromatic heterocycles.